The van der Waals surface area contributed by atoms with E-state index in [1.807, 2.05) is 26.8 Å². The third kappa shape index (κ3) is 3.30. The molecule has 1 aromatic rings. The number of hydrogen-bond acceptors (Lipinski definition) is 3. The van der Waals surface area contributed by atoms with Crippen molar-refractivity contribution >= 4 is 17.5 Å². The fourth-order valence-corrected chi connectivity index (χ4v) is 2.86. The molecule has 1 aliphatic rings. The minimum Gasteiger partial charge on any atom is -0.352 e. The molecule has 1 unspecified atom stereocenters. The predicted octanol–water partition coefficient (Wildman–Crippen LogP) is 2.22. The summed E-state index contributed by atoms with van der Waals surface area (Å²) in [6.45, 7) is 7.29. The molecule has 0 radical (unpaired) electrons. The average Bonchev–Trinajstić information content (AvgIpc) is 3.00. The highest BCUT2D eigenvalue weighted by Gasteiger charge is 2.39. The van der Waals surface area contributed by atoms with Crippen molar-refractivity contribution in [1.29, 1.82) is 0 Å². The molecule has 5 heteroatoms. The van der Waals surface area contributed by atoms with Crippen molar-refractivity contribution in [3.8, 4) is 0 Å². The number of hydrogen-bond donors (Lipinski definition) is 3. The summed E-state index contributed by atoms with van der Waals surface area (Å²) in [4.78, 5) is 24.6. The third-order valence-corrected chi connectivity index (χ3v) is 4.37. The van der Waals surface area contributed by atoms with E-state index < -0.39 is 5.54 Å². The summed E-state index contributed by atoms with van der Waals surface area (Å²) in [6.07, 6.45) is 2.62. The van der Waals surface area contributed by atoms with Crippen LogP contribution < -0.4 is 16.0 Å². The zero-order chi connectivity index (χ0) is 16.2. The maximum absolute atomic E-state index is 12.7. The number of aryl methyl sites for hydroxylation is 1. The van der Waals surface area contributed by atoms with Crippen LogP contribution in [0.5, 0.6) is 0 Å². The van der Waals surface area contributed by atoms with Crippen LogP contribution in [0.25, 0.3) is 0 Å². The lowest BCUT2D eigenvalue weighted by molar-refractivity contribution is -0.122. The Kier molecular flexibility index (Phi) is 5.19. The molecular weight excluding hydrogens is 278 g/mol. The first-order valence-electron chi connectivity index (χ1n) is 7.97. The Labute approximate surface area is 131 Å². The van der Waals surface area contributed by atoms with Gasteiger partial charge < -0.3 is 16.0 Å². The standard InChI is InChI=1S/C17H25N3O2/c1-4-17(9-6-10-19-17)16(22)20-14-11-13(8-7-12(14)3)15(21)18-5-2/h7-8,11,19H,4-6,9-10H2,1-3H3,(H,18,21)(H,20,22). The molecule has 22 heavy (non-hydrogen) atoms. The maximum Gasteiger partial charge on any atom is 0.251 e. The van der Waals surface area contributed by atoms with Gasteiger partial charge in [-0.3, -0.25) is 9.59 Å². The van der Waals surface area contributed by atoms with E-state index in [9.17, 15) is 9.59 Å². The van der Waals surface area contributed by atoms with Gasteiger partial charge in [-0.1, -0.05) is 13.0 Å². The summed E-state index contributed by atoms with van der Waals surface area (Å²) < 4.78 is 0. The summed E-state index contributed by atoms with van der Waals surface area (Å²) in [5.74, 6) is -0.133. The van der Waals surface area contributed by atoms with Crippen LogP contribution in [-0.2, 0) is 4.79 Å². The van der Waals surface area contributed by atoms with Crippen molar-refractivity contribution < 1.29 is 9.59 Å². The lowest BCUT2D eigenvalue weighted by Crippen LogP contribution is -2.50. The number of carbonyl (C=O) groups is 2. The van der Waals surface area contributed by atoms with Gasteiger partial charge in [-0.2, -0.15) is 0 Å². The van der Waals surface area contributed by atoms with Gasteiger partial charge in [0.2, 0.25) is 5.91 Å². The largest absolute Gasteiger partial charge is 0.352 e. The third-order valence-electron chi connectivity index (χ3n) is 4.37. The van der Waals surface area contributed by atoms with Crippen LogP contribution in [-0.4, -0.2) is 30.4 Å². The van der Waals surface area contributed by atoms with E-state index in [0.717, 1.165) is 31.4 Å². The van der Waals surface area contributed by atoms with Gasteiger partial charge in [0.1, 0.15) is 0 Å². The molecule has 5 nitrogen and oxygen atoms in total. The highest BCUT2D eigenvalue weighted by molar-refractivity contribution is 6.01. The first-order chi connectivity index (χ1) is 10.5. The zero-order valence-corrected chi connectivity index (χ0v) is 13.6. The number of carbonyl (C=O) groups excluding carboxylic acids is 2. The lowest BCUT2D eigenvalue weighted by Gasteiger charge is -2.27. The number of nitrogens with one attached hydrogen (secondary N) is 3. The Bertz CT molecular complexity index is 563. The molecule has 0 bridgehead atoms. The average molecular weight is 303 g/mol. The Balaban J connectivity index is 2.19. The van der Waals surface area contributed by atoms with E-state index in [1.54, 1.807) is 12.1 Å². The van der Waals surface area contributed by atoms with E-state index >= 15 is 0 Å². The lowest BCUT2D eigenvalue weighted by atomic mass is 9.93. The summed E-state index contributed by atoms with van der Waals surface area (Å²) in [5.41, 5.74) is 1.74. The topological polar surface area (TPSA) is 70.2 Å². The summed E-state index contributed by atoms with van der Waals surface area (Å²) in [7, 11) is 0. The molecule has 1 heterocycles. The molecule has 1 fully saturated rings. The number of amides is 2. The fraction of sp³-hybridized carbons (Fsp3) is 0.529. The van der Waals surface area contributed by atoms with Crippen molar-refractivity contribution in [2.24, 2.45) is 0 Å². The Hall–Kier alpha value is -1.88. The molecule has 1 saturated heterocycles. The maximum atomic E-state index is 12.7. The molecule has 0 spiro atoms. The minimum absolute atomic E-state index is 0.0105. The molecule has 1 aromatic carbocycles. The van der Waals surface area contributed by atoms with E-state index in [1.165, 1.54) is 0 Å². The van der Waals surface area contributed by atoms with Crippen molar-refractivity contribution in [3.63, 3.8) is 0 Å². The number of anilines is 1. The van der Waals surface area contributed by atoms with Crippen molar-refractivity contribution in [3.05, 3.63) is 29.3 Å². The van der Waals surface area contributed by atoms with E-state index in [-0.39, 0.29) is 11.8 Å². The summed E-state index contributed by atoms with van der Waals surface area (Å²) in [6, 6.07) is 5.39. The van der Waals surface area contributed by atoms with Crippen molar-refractivity contribution in [2.45, 2.75) is 45.6 Å². The molecule has 120 valence electrons. The molecule has 0 aliphatic carbocycles. The van der Waals surface area contributed by atoms with Gasteiger partial charge in [0.15, 0.2) is 0 Å². The molecule has 1 atom stereocenters. The molecule has 2 amide bonds. The Morgan fingerprint density at radius 2 is 2.09 bits per heavy atom. The molecular formula is C17H25N3O2. The molecule has 2 rings (SSSR count). The molecule has 0 aromatic heterocycles. The second kappa shape index (κ2) is 6.92. The molecule has 3 N–H and O–H groups in total. The van der Waals surface area contributed by atoms with Crippen LogP contribution >= 0.6 is 0 Å². The van der Waals surface area contributed by atoms with Crippen LogP contribution in [0.3, 0.4) is 0 Å². The van der Waals surface area contributed by atoms with Gasteiger partial charge in [0, 0.05) is 17.8 Å². The number of benzene rings is 1. The van der Waals surface area contributed by atoms with Gasteiger partial charge >= 0.3 is 0 Å². The fourth-order valence-electron chi connectivity index (χ4n) is 2.86. The predicted molar refractivity (Wildman–Crippen MR) is 88.1 cm³/mol. The van der Waals surface area contributed by atoms with Crippen LogP contribution in [0.1, 0.15) is 49.0 Å². The van der Waals surface area contributed by atoms with Crippen LogP contribution in [0.15, 0.2) is 18.2 Å². The van der Waals surface area contributed by atoms with Gasteiger partial charge in [-0.05, 0) is 57.4 Å². The molecule has 1 aliphatic heterocycles. The zero-order valence-electron chi connectivity index (χ0n) is 13.6. The van der Waals surface area contributed by atoms with Crippen molar-refractivity contribution in [2.75, 3.05) is 18.4 Å². The van der Waals surface area contributed by atoms with Crippen molar-refractivity contribution in [1.82, 2.24) is 10.6 Å². The van der Waals surface area contributed by atoms with Crippen LogP contribution in [0, 0.1) is 6.92 Å². The molecule has 0 saturated carbocycles. The smallest absolute Gasteiger partial charge is 0.251 e. The first-order valence-corrected chi connectivity index (χ1v) is 7.97. The van der Waals surface area contributed by atoms with E-state index in [2.05, 4.69) is 16.0 Å². The van der Waals surface area contributed by atoms with Crippen LogP contribution in [0.2, 0.25) is 0 Å². The SMILES string of the molecule is CCNC(=O)c1ccc(C)c(NC(=O)C2(CC)CCCN2)c1. The van der Waals surface area contributed by atoms with E-state index in [0.29, 0.717) is 17.8 Å². The van der Waals surface area contributed by atoms with Gasteiger partial charge in [-0.15, -0.1) is 0 Å². The summed E-state index contributed by atoms with van der Waals surface area (Å²) >= 11 is 0. The summed E-state index contributed by atoms with van der Waals surface area (Å²) in [5, 5.41) is 9.10. The highest BCUT2D eigenvalue weighted by Crippen LogP contribution is 2.26. The number of rotatable bonds is 5. The first kappa shape index (κ1) is 16.5. The quantitative estimate of drug-likeness (QED) is 0.781. The minimum atomic E-state index is -0.478. The Morgan fingerprint density at radius 3 is 2.68 bits per heavy atom. The van der Waals surface area contributed by atoms with Gasteiger partial charge in [0.25, 0.3) is 5.91 Å². The monoisotopic (exact) mass is 303 g/mol. The van der Waals surface area contributed by atoms with Gasteiger partial charge in [-0.25, -0.2) is 0 Å². The van der Waals surface area contributed by atoms with Gasteiger partial charge in [0.05, 0.1) is 5.54 Å². The van der Waals surface area contributed by atoms with E-state index in [4.69, 9.17) is 0 Å². The normalized spacial score (nSPS) is 20.7. The Morgan fingerprint density at radius 1 is 1.32 bits per heavy atom. The highest BCUT2D eigenvalue weighted by atomic mass is 16.2. The second-order valence-electron chi connectivity index (χ2n) is 5.81. The van der Waals surface area contributed by atoms with Crippen LogP contribution in [0.4, 0.5) is 5.69 Å². The second-order valence-corrected chi connectivity index (χ2v) is 5.81.